The molecule has 1 amide bonds. The summed E-state index contributed by atoms with van der Waals surface area (Å²) < 4.78 is 34.5. The van der Waals surface area contributed by atoms with E-state index in [9.17, 15) is 18.4 Å². The molecular weight excluding hydrogens is 404 g/mol. The number of aromatic nitrogens is 2. The van der Waals surface area contributed by atoms with Crippen LogP contribution in [0.3, 0.4) is 0 Å². The van der Waals surface area contributed by atoms with E-state index in [1.165, 1.54) is 17.2 Å². The van der Waals surface area contributed by atoms with Gasteiger partial charge in [0, 0.05) is 23.7 Å². The molecule has 0 N–H and O–H groups in total. The third-order valence-electron chi connectivity index (χ3n) is 5.35. The van der Waals surface area contributed by atoms with Gasteiger partial charge in [0.15, 0.2) is 0 Å². The van der Waals surface area contributed by atoms with Crippen molar-refractivity contribution in [1.29, 1.82) is 0 Å². The largest absolute Gasteiger partial charge is 0.462 e. The highest BCUT2D eigenvalue weighted by atomic mass is 19.1. The maximum atomic E-state index is 14.1. The van der Waals surface area contributed by atoms with Crippen LogP contribution in [0.4, 0.5) is 14.5 Å². The van der Waals surface area contributed by atoms with Crippen LogP contribution in [0.5, 0.6) is 0 Å². The molecule has 31 heavy (non-hydrogen) atoms. The second-order valence-corrected chi connectivity index (χ2v) is 7.27. The van der Waals surface area contributed by atoms with E-state index in [1.54, 1.807) is 42.8 Å². The molecule has 0 saturated carbocycles. The summed E-state index contributed by atoms with van der Waals surface area (Å²) in [6.45, 7) is 4.15. The van der Waals surface area contributed by atoms with Crippen molar-refractivity contribution in [3.05, 3.63) is 76.6 Å². The Morgan fingerprint density at radius 2 is 1.90 bits per heavy atom. The first-order valence-corrected chi connectivity index (χ1v) is 10.0. The zero-order chi connectivity index (χ0) is 22.1. The second-order valence-electron chi connectivity index (χ2n) is 7.27. The number of nitrogens with zero attached hydrogens (tertiary/aromatic N) is 3. The minimum Gasteiger partial charge on any atom is -0.462 e. The highest BCUT2D eigenvalue weighted by molar-refractivity contribution is 6.06. The number of anilines is 1. The lowest BCUT2D eigenvalue weighted by Crippen LogP contribution is -2.36. The monoisotopic (exact) mass is 425 g/mol. The molecule has 2 aromatic carbocycles. The Bertz CT molecular complexity index is 1160. The van der Waals surface area contributed by atoms with E-state index in [0.29, 0.717) is 47.5 Å². The number of ether oxygens (including phenoxy) is 1. The fraction of sp³-hybridized carbons (Fsp3) is 0.261. The number of amides is 1. The van der Waals surface area contributed by atoms with E-state index in [4.69, 9.17) is 4.74 Å². The van der Waals surface area contributed by atoms with Gasteiger partial charge >= 0.3 is 5.97 Å². The summed E-state index contributed by atoms with van der Waals surface area (Å²) in [7, 11) is 0. The Balaban J connectivity index is 1.60. The molecule has 3 aromatic rings. The first kappa shape index (κ1) is 20.7. The highest BCUT2D eigenvalue weighted by Gasteiger charge is 2.26. The van der Waals surface area contributed by atoms with Crippen LogP contribution in [0, 0.1) is 18.6 Å². The van der Waals surface area contributed by atoms with Gasteiger partial charge in [-0.25, -0.2) is 18.3 Å². The number of benzene rings is 2. The lowest BCUT2D eigenvalue weighted by Gasteiger charge is -2.30. The van der Waals surface area contributed by atoms with E-state index in [1.807, 2.05) is 0 Å². The fourth-order valence-electron chi connectivity index (χ4n) is 3.80. The molecular formula is C23H21F2N3O3. The van der Waals surface area contributed by atoms with Crippen LogP contribution >= 0.6 is 0 Å². The van der Waals surface area contributed by atoms with Gasteiger partial charge in [-0.1, -0.05) is 0 Å². The molecule has 1 aliphatic heterocycles. The highest BCUT2D eigenvalue weighted by Crippen LogP contribution is 2.31. The predicted octanol–water partition coefficient (Wildman–Crippen LogP) is 4.23. The topological polar surface area (TPSA) is 64.4 Å². The van der Waals surface area contributed by atoms with Crippen molar-refractivity contribution in [1.82, 2.24) is 9.78 Å². The molecule has 4 rings (SSSR count). The summed E-state index contributed by atoms with van der Waals surface area (Å²) in [5.41, 5.74) is 2.68. The van der Waals surface area contributed by atoms with Crippen molar-refractivity contribution >= 4 is 17.6 Å². The predicted molar refractivity (Wildman–Crippen MR) is 111 cm³/mol. The lowest BCUT2D eigenvalue weighted by atomic mass is 10.00. The van der Waals surface area contributed by atoms with Gasteiger partial charge in [0.1, 0.15) is 17.2 Å². The number of fused-ring (bicyclic) bond motifs is 1. The Labute approximate surface area is 178 Å². The summed E-state index contributed by atoms with van der Waals surface area (Å²) in [6.07, 6.45) is 2.51. The molecule has 0 bridgehead atoms. The van der Waals surface area contributed by atoms with E-state index < -0.39 is 17.6 Å². The quantitative estimate of drug-likeness (QED) is 0.587. The molecule has 1 aromatic heterocycles. The summed E-state index contributed by atoms with van der Waals surface area (Å²) in [5.74, 6) is -2.12. The average molecular weight is 425 g/mol. The third-order valence-corrected chi connectivity index (χ3v) is 5.35. The van der Waals surface area contributed by atoms with Crippen molar-refractivity contribution < 1.29 is 23.1 Å². The number of carbonyl (C=O) groups excluding carboxylic acids is 2. The molecule has 0 fully saturated rings. The van der Waals surface area contributed by atoms with Gasteiger partial charge in [0.2, 0.25) is 0 Å². The van der Waals surface area contributed by atoms with Crippen LogP contribution in [-0.2, 0) is 11.2 Å². The van der Waals surface area contributed by atoms with Gasteiger partial charge < -0.3 is 9.64 Å². The van der Waals surface area contributed by atoms with E-state index >= 15 is 0 Å². The molecule has 8 heteroatoms. The Kier molecular flexibility index (Phi) is 5.54. The Morgan fingerprint density at radius 1 is 1.16 bits per heavy atom. The molecule has 1 aliphatic rings. The first-order chi connectivity index (χ1) is 14.9. The number of halogens is 2. The smallest absolute Gasteiger partial charge is 0.341 e. The minimum absolute atomic E-state index is 0.272. The van der Waals surface area contributed by atoms with Crippen LogP contribution in [0.25, 0.3) is 5.69 Å². The van der Waals surface area contributed by atoms with Crippen LogP contribution < -0.4 is 4.90 Å². The van der Waals surface area contributed by atoms with Crippen LogP contribution in [0.15, 0.2) is 42.6 Å². The molecule has 0 radical (unpaired) electrons. The Morgan fingerprint density at radius 3 is 2.61 bits per heavy atom. The number of esters is 1. The standard InChI is InChI=1S/C23H21F2N3O3/c1-3-31-23(30)19-13-26-28(14(19)2)17-8-6-15(7-9-17)22(29)27-10-4-5-18-20(25)11-16(24)12-21(18)27/h6-9,11-13H,3-5,10H2,1-2H3. The zero-order valence-corrected chi connectivity index (χ0v) is 17.2. The Hall–Kier alpha value is -3.55. The lowest BCUT2D eigenvalue weighted by molar-refractivity contribution is 0.0525. The van der Waals surface area contributed by atoms with Crippen LogP contribution in [0.2, 0.25) is 0 Å². The van der Waals surface area contributed by atoms with E-state index in [-0.39, 0.29) is 18.2 Å². The van der Waals surface area contributed by atoms with Crippen LogP contribution in [-0.4, -0.2) is 34.8 Å². The summed E-state index contributed by atoms with van der Waals surface area (Å²) in [5, 5.41) is 4.24. The first-order valence-electron chi connectivity index (χ1n) is 10.0. The van der Waals surface area contributed by atoms with Gasteiger partial charge in [-0.3, -0.25) is 4.79 Å². The van der Waals surface area contributed by atoms with E-state index in [0.717, 1.165) is 6.07 Å². The molecule has 0 aliphatic carbocycles. The maximum absolute atomic E-state index is 14.1. The molecule has 0 saturated heterocycles. The average Bonchev–Trinajstić information content (AvgIpc) is 3.14. The van der Waals surface area contributed by atoms with Crippen molar-refractivity contribution in [2.75, 3.05) is 18.1 Å². The van der Waals surface area contributed by atoms with Gasteiger partial charge in [-0.15, -0.1) is 0 Å². The van der Waals surface area contributed by atoms with E-state index in [2.05, 4.69) is 5.10 Å². The number of hydrogen-bond acceptors (Lipinski definition) is 4. The summed E-state index contributed by atoms with van der Waals surface area (Å²) in [6, 6.07) is 8.73. The molecule has 0 spiro atoms. The second kappa shape index (κ2) is 8.29. The van der Waals surface area contributed by atoms with Gasteiger partial charge in [-0.2, -0.15) is 5.10 Å². The molecule has 0 unspecified atom stereocenters. The van der Waals surface area contributed by atoms with Crippen molar-refractivity contribution in [2.45, 2.75) is 26.7 Å². The van der Waals surface area contributed by atoms with Crippen LogP contribution in [0.1, 0.15) is 45.3 Å². The van der Waals surface area contributed by atoms with Crippen molar-refractivity contribution in [3.63, 3.8) is 0 Å². The van der Waals surface area contributed by atoms with Crippen molar-refractivity contribution in [3.8, 4) is 5.69 Å². The molecule has 160 valence electrons. The molecule has 2 heterocycles. The number of rotatable bonds is 4. The summed E-state index contributed by atoms with van der Waals surface area (Å²) in [4.78, 5) is 26.5. The van der Waals surface area contributed by atoms with Gasteiger partial charge in [0.05, 0.1) is 29.9 Å². The fourth-order valence-corrected chi connectivity index (χ4v) is 3.80. The maximum Gasteiger partial charge on any atom is 0.341 e. The van der Waals surface area contributed by atoms with Gasteiger partial charge in [0.25, 0.3) is 5.91 Å². The van der Waals surface area contributed by atoms with Crippen molar-refractivity contribution in [2.24, 2.45) is 0 Å². The normalized spacial score (nSPS) is 13.1. The minimum atomic E-state index is -0.710. The summed E-state index contributed by atoms with van der Waals surface area (Å²) >= 11 is 0. The number of carbonyl (C=O) groups is 2. The SMILES string of the molecule is CCOC(=O)c1cnn(-c2ccc(C(=O)N3CCCc4c(F)cc(F)cc43)cc2)c1C. The molecule has 0 atom stereocenters. The zero-order valence-electron chi connectivity index (χ0n) is 17.2. The molecule has 6 nitrogen and oxygen atoms in total. The number of hydrogen-bond donors (Lipinski definition) is 0. The van der Waals surface area contributed by atoms with Gasteiger partial charge in [-0.05, 0) is 57.0 Å². The third kappa shape index (κ3) is 3.81.